The molecular weight excluding hydrogens is 364 g/mol. The van der Waals surface area contributed by atoms with E-state index in [1.165, 1.54) is 6.26 Å². The Morgan fingerprint density at radius 3 is 2.80 bits per heavy atom. The van der Waals surface area contributed by atoms with Crippen molar-refractivity contribution in [1.29, 1.82) is 0 Å². The summed E-state index contributed by atoms with van der Waals surface area (Å²) in [4.78, 5) is 6.64. The van der Waals surface area contributed by atoms with Gasteiger partial charge in [-0.05, 0) is 43.7 Å². The SMILES string of the molecule is CS(=O)(=O)NC[C@@H]1CCCCN1Cc1nc(-c2ccc(Cl)cc2)no1. The Kier molecular flexibility index (Phi) is 5.73. The van der Waals surface area contributed by atoms with Crippen LogP contribution in [0.5, 0.6) is 0 Å². The van der Waals surface area contributed by atoms with Gasteiger partial charge in [-0.3, -0.25) is 4.90 Å². The van der Waals surface area contributed by atoms with Gasteiger partial charge >= 0.3 is 0 Å². The van der Waals surface area contributed by atoms with Crippen LogP contribution >= 0.6 is 11.6 Å². The largest absolute Gasteiger partial charge is 0.338 e. The van der Waals surface area contributed by atoms with Crippen LogP contribution in [0.15, 0.2) is 28.8 Å². The average molecular weight is 385 g/mol. The van der Waals surface area contributed by atoms with Crippen molar-refractivity contribution in [1.82, 2.24) is 19.8 Å². The topological polar surface area (TPSA) is 88.3 Å². The molecule has 1 N–H and O–H groups in total. The first-order valence-electron chi connectivity index (χ1n) is 8.18. The van der Waals surface area contributed by atoms with Gasteiger partial charge in [0.2, 0.25) is 21.7 Å². The monoisotopic (exact) mass is 384 g/mol. The Balaban J connectivity index is 1.66. The maximum absolute atomic E-state index is 11.3. The van der Waals surface area contributed by atoms with E-state index in [1.54, 1.807) is 12.1 Å². The van der Waals surface area contributed by atoms with Gasteiger partial charge < -0.3 is 4.52 Å². The van der Waals surface area contributed by atoms with Gasteiger partial charge in [0.1, 0.15) is 0 Å². The van der Waals surface area contributed by atoms with E-state index < -0.39 is 10.0 Å². The van der Waals surface area contributed by atoms with Crippen LogP contribution in [-0.2, 0) is 16.6 Å². The van der Waals surface area contributed by atoms with Crippen molar-refractivity contribution in [2.24, 2.45) is 0 Å². The van der Waals surface area contributed by atoms with Crippen molar-refractivity contribution in [3.8, 4) is 11.4 Å². The normalized spacial score (nSPS) is 19.2. The molecule has 1 aliphatic rings. The van der Waals surface area contributed by atoms with Gasteiger partial charge in [0, 0.05) is 23.2 Å². The van der Waals surface area contributed by atoms with Crippen LogP contribution in [0.2, 0.25) is 5.02 Å². The van der Waals surface area contributed by atoms with Crippen molar-refractivity contribution in [2.75, 3.05) is 19.3 Å². The summed E-state index contributed by atoms with van der Waals surface area (Å²) in [6.45, 7) is 1.79. The molecule has 0 saturated carbocycles. The van der Waals surface area contributed by atoms with Crippen LogP contribution < -0.4 is 4.72 Å². The summed E-state index contributed by atoms with van der Waals surface area (Å²) in [5.41, 5.74) is 0.841. The summed E-state index contributed by atoms with van der Waals surface area (Å²) in [6.07, 6.45) is 4.29. The van der Waals surface area contributed by atoms with E-state index in [1.807, 2.05) is 12.1 Å². The van der Waals surface area contributed by atoms with Gasteiger partial charge in [-0.1, -0.05) is 23.2 Å². The molecule has 25 heavy (non-hydrogen) atoms. The quantitative estimate of drug-likeness (QED) is 0.822. The molecule has 1 aromatic carbocycles. The highest BCUT2D eigenvalue weighted by Gasteiger charge is 2.25. The van der Waals surface area contributed by atoms with E-state index in [2.05, 4.69) is 19.8 Å². The highest BCUT2D eigenvalue weighted by atomic mass is 35.5. The molecule has 7 nitrogen and oxygen atoms in total. The molecule has 0 amide bonds. The zero-order valence-electron chi connectivity index (χ0n) is 14.0. The minimum Gasteiger partial charge on any atom is -0.338 e. The third kappa shape index (κ3) is 5.24. The van der Waals surface area contributed by atoms with E-state index in [4.69, 9.17) is 16.1 Å². The second kappa shape index (κ2) is 7.82. The standard InChI is InChI=1S/C16H21ClN4O3S/c1-25(22,23)18-10-14-4-2-3-9-21(14)11-15-19-16(20-24-15)12-5-7-13(17)8-6-12/h5-8,14,18H,2-4,9-11H2,1H3/t14-/m0/s1. The van der Waals surface area contributed by atoms with Crippen molar-refractivity contribution in [2.45, 2.75) is 31.8 Å². The molecule has 2 heterocycles. The molecule has 0 radical (unpaired) electrons. The van der Waals surface area contributed by atoms with Gasteiger partial charge in [-0.25, -0.2) is 13.1 Å². The van der Waals surface area contributed by atoms with E-state index in [9.17, 15) is 8.42 Å². The second-order valence-corrected chi connectivity index (χ2v) is 8.53. The molecule has 136 valence electrons. The van der Waals surface area contributed by atoms with Gasteiger partial charge in [0.25, 0.3) is 0 Å². The maximum atomic E-state index is 11.3. The zero-order chi connectivity index (χ0) is 17.9. The Morgan fingerprint density at radius 1 is 1.32 bits per heavy atom. The lowest BCUT2D eigenvalue weighted by Crippen LogP contribution is -2.46. The summed E-state index contributed by atoms with van der Waals surface area (Å²) < 4.78 is 30.7. The van der Waals surface area contributed by atoms with E-state index in [-0.39, 0.29) is 6.04 Å². The first-order valence-corrected chi connectivity index (χ1v) is 10.4. The minimum atomic E-state index is -3.19. The lowest BCUT2D eigenvalue weighted by molar-refractivity contribution is 0.125. The number of piperidine rings is 1. The van der Waals surface area contributed by atoms with E-state index in [0.717, 1.165) is 31.4 Å². The fourth-order valence-electron chi connectivity index (χ4n) is 2.96. The number of hydrogen-bond acceptors (Lipinski definition) is 6. The van der Waals surface area contributed by atoms with Crippen LogP contribution in [0.4, 0.5) is 0 Å². The highest BCUT2D eigenvalue weighted by Crippen LogP contribution is 2.22. The van der Waals surface area contributed by atoms with E-state index in [0.29, 0.717) is 29.8 Å². The molecule has 1 saturated heterocycles. The van der Waals surface area contributed by atoms with Crippen molar-refractivity contribution in [3.05, 3.63) is 35.2 Å². The van der Waals surface area contributed by atoms with Gasteiger partial charge in [-0.15, -0.1) is 0 Å². The maximum Gasteiger partial charge on any atom is 0.241 e. The number of benzene rings is 1. The number of aromatic nitrogens is 2. The first-order chi connectivity index (χ1) is 11.9. The molecule has 1 fully saturated rings. The number of sulfonamides is 1. The van der Waals surface area contributed by atoms with E-state index >= 15 is 0 Å². The predicted octanol–water partition coefficient (Wildman–Crippen LogP) is 2.29. The molecule has 1 atom stereocenters. The number of likely N-dealkylation sites (tertiary alicyclic amines) is 1. The molecule has 3 rings (SSSR count). The zero-order valence-corrected chi connectivity index (χ0v) is 15.6. The molecule has 0 spiro atoms. The molecule has 0 unspecified atom stereocenters. The Labute approximate surface area is 152 Å². The summed E-state index contributed by atoms with van der Waals surface area (Å²) in [5, 5.41) is 4.68. The Morgan fingerprint density at radius 2 is 2.08 bits per heavy atom. The number of rotatable bonds is 6. The molecular formula is C16H21ClN4O3S. The third-order valence-corrected chi connectivity index (χ3v) is 5.18. The van der Waals surface area contributed by atoms with Crippen LogP contribution in [0.3, 0.4) is 0 Å². The van der Waals surface area contributed by atoms with Crippen molar-refractivity contribution < 1.29 is 12.9 Å². The van der Waals surface area contributed by atoms with Crippen LogP contribution in [0, 0.1) is 0 Å². The smallest absolute Gasteiger partial charge is 0.241 e. The molecule has 1 aliphatic heterocycles. The first kappa shape index (κ1) is 18.3. The Bertz CT molecular complexity index is 807. The van der Waals surface area contributed by atoms with Gasteiger partial charge in [0.05, 0.1) is 12.8 Å². The predicted molar refractivity (Wildman–Crippen MR) is 95.6 cm³/mol. The summed E-state index contributed by atoms with van der Waals surface area (Å²) in [6, 6.07) is 7.39. The molecule has 9 heteroatoms. The third-order valence-electron chi connectivity index (χ3n) is 4.24. The number of nitrogens with one attached hydrogen (secondary N) is 1. The lowest BCUT2D eigenvalue weighted by Gasteiger charge is -2.34. The number of halogens is 1. The molecule has 0 bridgehead atoms. The van der Waals surface area contributed by atoms with Crippen LogP contribution in [0.1, 0.15) is 25.2 Å². The number of nitrogens with zero attached hydrogens (tertiary/aromatic N) is 3. The van der Waals surface area contributed by atoms with Gasteiger partial charge in [-0.2, -0.15) is 4.98 Å². The number of hydrogen-bond donors (Lipinski definition) is 1. The molecule has 1 aromatic heterocycles. The van der Waals surface area contributed by atoms with Crippen LogP contribution in [0.25, 0.3) is 11.4 Å². The summed E-state index contributed by atoms with van der Waals surface area (Å²) >= 11 is 5.89. The fraction of sp³-hybridized carbons (Fsp3) is 0.500. The van der Waals surface area contributed by atoms with Crippen LogP contribution in [-0.4, -0.2) is 48.8 Å². The summed E-state index contributed by atoms with van der Waals surface area (Å²) in [7, 11) is -3.19. The van der Waals surface area contributed by atoms with Crippen molar-refractivity contribution in [3.63, 3.8) is 0 Å². The fourth-order valence-corrected chi connectivity index (χ4v) is 3.58. The lowest BCUT2D eigenvalue weighted by atomic mass is 10.0. The Hall–Kier alpha value is -1.48. The average Bonchev–Trinajstić information content (AvgIpc) is 3.02. The van der Waals surface area contributed by atoms with Crippen molar-refractivity contribution >= 4 is 21.6 Å². The van der Waals surface area contributed by atoms with Gasteiger partial charge in [0.15, 0.2) is 0 Å². The molecule has 0 aliphatic carbocycles. The minimum absolute atomic E-state index is 0.134. The highest BCUT2D eigenvalue weighted by molar-refractivity contribution is 7.88. The molecule has 2 aromatic rings. The second-order valence-electron chi connectivity index (χ2n) is 6.26. The summed E-state index contributed by atoms with van der Waals surface area (Å²) in [5.74, 6) is 1.05.